The van der Waals surface area contributed by atoms with Gasteiger partial charge in [-0.3, -0.25) is 0 Å². The second kappa shape index (κ2) is 6.70. The first-order chi connectivity index (χ1) is 13.2. The van der Waals surface area contributed by atoms with Gasteiger partial charge in [-0.05, 0) is 35.9 Å². The maximum Gasteiger partial charge on any atom is 0.213 e. The first kappa shape index (κ1) is 16.8. The summed E-state index contributed by atoms with van der Waals surface area (Å²) in [5.41, 5.74) is 4.43. The van der Waals surface area contributed by atoms with Crippen LogP contribution in [0.15, 0.2) is 82.4 Å². The summed E-state index contributed by atoms with van der Waals surface area (Å²) < 4.78 is 7.41. The van der Waals surface area contributed by atoms with Crippen LogP contribution in [-0.2, 0) is 0 Å². The molecule has 0 fully saturated rings. The lowest BCUT2D eigenvalue weighted by Gasteiger charge is -2.38. The van der Waals surface area contributed by atoms with E-state index in [0.717, 1.165) is 39.0 Å². The summed E-state index contributed by atoms with van der Waals surface area (Å²) in [6.45, 7) is 0. The first-order valence-electron chi connectivity index (χ1n) is 8.82. The van der Waals surface area contributed by atoms with Gasteiger partial charge in [0.05, 0.1) is 11.8 Å². The van der Waals surface area contributed by atoms with Gasteiger partial charge < -0.3 is 4.74 Å². The second-order valence-corrected chi connectivity index (χ2v) is 8.07. The minimum atomic E-state index is -0.276. The number of ether oxygens (including phenoxy) is 1. The number of hydrazone groups is 1. The summed E-state index contributed by atoms with van der Waals surface area (Å²) in [5.74, 6) is 0.906. The summed E-state index contributed by atoms with van der Waals surface area (Å²) in [4.78, 5) is 0. The fourth-order valence-corrected chi connectivity index (χ4v) is 4.22. The number of fused-ring (bicyclic) bond motifs is 3. The summed E-state index contributed by atoms with van der Waals surface area (Å²) in [7, 11) is 0. The lowest BCUT2D eigenvalue weighted by Crippen LogP contribution is -2.33. The summed E-state index contributed by atoms with van der Waals surface area (Å²) in [6, 6.07) is 24.5. The molecular formula is C22H16BrClN2O. The van der Waals surface area contributed by atoms with Gasteiger partial charge in [0, 0.05) is 27.0 Å². The van der Waals surface area contributed by atoms with Crippen molar-refractivity contribution in [1.29, 1.82) is 0 Å². The van der Waals surface area contributed by atoms with Crippen molar-refractivity contribution in [2.75, 3.05) is 0 Å². The Morgan fingerprint density at radius 2 is 1.78 bits per heavy atom. The Morgan fingerprint density at radius 1 is 1.00 bits per heavy atom. The molecule has 134 valence electrons. The summed E-state index contributed by atoms with van der Waals surface area (Å²) >= 11 is 9.67. The number of benzene rings is 3. The molecule has 5 heteroatoms. The largest absolute Gasteiger partial charge is 0.464 e. The average Bonchev–Trinajstić information content (AvgIpc) is 3.15. The van der Waals surface area contributed by atoms with Gasteiger partial charge in [0.1, 0.15) is 5.75 Å². The molecule has 2 aliphatic rings. The van der Waals surface area contributed by atoms with Crippen LogP contribution in [0, 0.1) is 0 Å². The topological polar surface area (TPSA) is 24.8 Å². The van der Waals surface area contributed by atoms with Crippen molar-refractivity contribution in [2.45, 2.75) is 18.7 Å². The number of nitrogens with zero attached hydrogens (tertiary/aromatic N) is 2. The molecule has 0 radical (unpaired) electrons. The van der Waals surface area contributed by atoms with Crippen LogP contribution in [0.4, 0.5) is 0 Å². The Kier molecular flexibility index (Phi) is 4.18. The predicted molar refractivity (Wildman–Crippen MR) is 111 cm³/mol. The molecule has 27 heavy (non-hydrogen) atoms. The van der Waals surface area contributed by atoms with E-state index in [1.165, 1.54) is 0 Å². The van der Waals surface area contributed by atoms with E-state index in [4.69, 9.17) is 21.4 Å². The van der Waals surface area contributed by atoms with Gasteiger partial charge in [0.15, 0.2) is 0 Å². The molecule has 0 unspecified atom stereocenters. The molecule has 2 aliphatic heterocycles. The van der Waals surface area contributed by atoms with Gasteiger partial charge in [0.2, 0.25) is 6.23 Å². The Labute approximate surface area is 171 Å². The number of halogens is 2. The molecule has 3 aromatic carbocycles. The van der Waals surface area contributed by atoms with Crippen LogP contribution >= 0.6 is 27.5 Å². The first-order valence-corrected chi connectivity index (χ1v) is 9.99. The van der Waals surface area contributed by atoms with Crippen molar-refractivity contribution in [2.24, 2.45) is 5.10 Å². The second-order valence-electron chi connectivity index (χ2n) is 6.72. The highest BCUT2D eigenvalue weighted by Gasteiger charge is 2.41. The van der Waals surface area contributed by atoms with Crippen molar-refractivity contribution in [3.63, 3.8) is 0 Å². The quantitative estimate of drug-likeness (QED) is 0.465. The standard InChI is InChI=1S/C22H16BrClN2O/c23-16-8-11-21-18(12-16)20-13-19(14-4-2-1-3-5-14)25-26(20)22(27-21)15-6-9-17(24)10-7-15/h1-12,20,22H,13H2/t20-,22-/m0/s1. The fourth-order valence-electron chi connectivity index (χ4n) is 3.71. The van der Waals surface area contributed by atoms with Gasteiger partial charge in [0.25, 0.3) is 0 Å². The van der Waals surface area contributed by atoms with E-state index in [1.54, 1.807) is 0 Å². The van der Waals surface area contributed by atoms with E-state index < -0.39 is 0 Å². The smallest absolute Gasteiger partial charge is 0.213 e. The molecular weight excluding hydrogens is 424 g/mol. The highest BCUT2D eigenvalue weighted by molar-refractivity contribution is 9.10. The van der Waals surface area contributed by atoms with Crippen molar-refractivity contribution in [3.05, 3.63) is 99.0 Å². The SMILES string of the molecule is Clc1ccc([C@@H]2Oc3ccc(Br)cc3[C@@H]3CC(c4ccccc4)=NN32)cc1. The molecule has 3 nitrogen and oxygen atoms in total. The third-order valence-corrected chi connectivity index (χ3v) is 5.76. The van der Waals surface area contributed by atoms with Crippen LogP contribution in [0.5, 0.6) is 5.75 Å². The van der Waals surface area contributed by atoms with E-state index in [1.807, 2.05) is 54.6 Å². The summed E-state index contributed by atoms with van der Waals surface area (Å²) in [6.07, 6.45) is 0.572. The van der Waals surface area contributed by atoms with Crippen molar-refractivity contribution in [1.82, 2.24) is 5.01 Å². The molecule has 0 spiro atoms. The molecule has 0 amide bonds. The number of hydrogen-bond donors (Lipinski definition) is 0. The molecule has 5 rings (SSSR count). The van der Waals surface area contributed by atoms with E-state index in [0.29, 0.717) is 5.02 Å². The molecule has 0 N–H and O–H groups in total. The molecule has 0 aliphatic carbocycles. The molecule has 0 saturated carbocycles. The summed E-state index contributed by atoms with van der Waals surface area (Å²) in [5, 5.41) is 7.76. The Balaban J connectivity index is 1.61. The number of hydrogen-bond acceptors (Lipinski definition) is 3. The van der Waals surface area contributed by atoms with E-state index in [9.17, 15) is 0 Å². The van der Waals surface area contributed by atoms with Gasteiger partial charge in [-0.25, -0.2) is 5.01 Å². The van der Waals surface area contributed by atoms with E-state index >= 15 is 0 Å². The lowest BCUT2D eigenvalue weighted by molar-refractivity contribution is -0.0190. The van der Waals surface area contributed by atoms with Crippen LogP contribution in [0.25, 0.3) is 0 Å². The van der Waals surface area contributed by atoms with Crippen LogP contribution in [0.2, 0.25) is 5.02 Å². The van der Waals surface area contributed by atoms with Crippen molar-refractivity contribution in [3.8, 4) is 5.75 Å². The van der Waals surface area contributed by atoms with Crippen LogP contribution in [0.3, 0.4) is 0 Å². The van der Waals surface area contributed by atoms with E-state index in [2.05, 4.69) is 39.1 Å². The normalized spacial score (nSPS) is 20.5. The van der Waals surface area contributed by atoms with Crippen molar-refractivity contribution < 1.29 is 4.74 Å². The lowest BCUT2D eigenvalue weighted by atomic mass is 9.96. The zero-order valence-electron chi connectivity index (χ0n) is 14.3. The van der Waals surface area contributed by atoms with Crippen LogP contribution < -0.4 is 4.74 Å². The van der Waals surface area contributed by atoms with Crippen molar-refractivity contribution >= 4 is 33.2 Å². The monoisotopic (exact) mass is 438 g/mol. The minimum absolute atomic E-state index is 0.141. The van der Waals surface area contributed by atoms with Crippen LogP contribution in [-0.4, -0.2) is 10.7 Å². The molecule has 0 aromatic heterocycles. The average molecular weight is 440 g/mol. The zero-order chi connectivity index (χ0) is 18.4. The minimum Gasteiger partial charge on any atom is -0.464 e. The van der Waals surface area contributed by atoms with E-state index in [-0.39, 0.29) is 12.3 Å². The third-order valence-electron chi connectivity index (χ3n) is 5.01. The molecule has 2 atom stereocenters. The molecule has 0 saturated heterocycles. The molecule has 3 aromatic rings. The van der Waals surface area contributed by atoms with Gasteiger partial charge in [-0.2, -0.15) is 5.10 Å². The Morgan fingerprint density at radius 3 is 2.56 bits per heavy atom. The predicted octanol–water partition coefficient (Wildman–Crippen LogP) is 6.34. The molecule has 2 heterocycles. The maximum absolute atomic E-state index is 6.37. The molecule has 0 bridgehead atoms. The van der Waals surface area contributed by atoms with Gasteiger partial charge in [-0.15, -0.1) is 0 Å². The number of rotatable bonds is 2. The highest BCUT2D eigenvalue weighted by atomic mass is 79.9. The zero-order valence-corrected chi connectivity index (χ0v) is 16.7. The van der Waals surface area contributed by atoms with Crippen LogP contribution in [0.1, 0.15) is 35.4 Å². The fraction of sp³-hybridized carbons (Fsp3) is 0.136. The third kappa shape index (κ3) is 3.03. The Bertz CT molecular complexity index is 1020. The van der Waals surface area contributed by atoms with Gasteiger partial charge in [-0.1, -0.05) is 70.0 Å². The highest BCUT2D eigenvalue weighted by Crippen LogP contribution is 2.48. The van der Waals surface area contributed by atoms with Gasteiger partial charge >= 0.3 is 0 Å². The maximum atomic E-state index is 6.37. The Hall–Kier alpha value is -2.30.